The summed E-state index contributed by atoms with van der Waals surface area (Å²) in [5, 5.41) is 15.1. The Morgan fingerprint density at radius 3 is 2.16 bits per heavy atom. The quantitative estimate of drug-likeness (QED) is 0.879. The summed E-state index contributed by atoms with van der Waals surface area (Å²) in [6, 6.07) is 10.0. The van der Waals surface area contributed by atoms with Gasteiger partial charge in [-0.1, -0.05) is 44.2 Å². The zero-order chi connectivity index (χ0) is 14.2. The Morgan fingerprint density at radius 2 is 1.68 bits per heavy atom. The van der Waals surface area contributed by atoms with E-state index in [1.807, 2.05) is 51.1 Å². The van der Waals surface area contributed by atoms with Gasteiger partial charge in [0.05, 0.1) is 11.2 Å². The third-order valence-corrected chi connectivity index (χ3v) is 3.16. The van der Waals surface area contributed by atoms with Gasteiger partial charge >= 0.3 is 0 Å². The van der Waals surface area contributed by atoms with Crippen molar-refractivity contribution in [3.63, 3.8) is 0 Å². The van der Waals surface area contributed by atoms with E-state index in [4.69, 9.17) is 0 Å². The van der Waals surface area contributed by atoms with E-state index in [1.165, 1.54) is 0 Å². The second-order valence-corrected chi connectivity index (χ2v) is 6.19. The highest BCUT2D eigenvalue weighted by Gasteiger charge is 2.26. The maximum absolute atomic E-state index is 10.5. The minimum absolute atomic E-state index is 0.228. The van der Waals surface area contributed by atoms with Crippen LogP contribution in [0.5, 0.6) is 5.88 Å². The lowest BCUT2D eigenvalue weighted by atomic mass is 9.99. The minimum atomic E-state index is -0.235. The Balaban J connectivity index is 2.68. The molecule has 0 aliphatic rings. The Bertz CT molecular complexity index is 562. The van der Waals surface area contributed by atoms with Crippen molar-refractivity contribution in [1.29, 1.82) is 0 Å². The molecule has 0 atom stereocenters. The highest BCUT2D eigenvalue weighted by Crippen LogP contribution is 2.37. The van der Waals surface area contributed by atoms with Crippen LogP contribution in [-0.2, 0) is 5.54 Å². The van der Waals surface area contributed by atoms with E-state index < -0.39 is 0 Å². The topological polar surface area (TPSA) is 38.0 Å². The van der Waals surface area contributed by atoms with Crippen LogP contribution in [0.2, 0.25) is 0 Å². The van der Waals surface area contributed by atoms with Gasteiger partial charge in [-0.15, -0.1) is 0 Å². The normalized spacial score (nSPS) is 12.1. The fourth-order valence-corrected chi connectivity index (χ4v) is 2.23. The van der Waals surface area contributed by atoms with Gasteiger partial charge in [-0.05, 0) is 26.7 Å². The van der Waals surface area contributed by atoms with Crippen LogP contribution in [0.15, 0.2) is 30.3 Å². The second-order valence-electron chi connectivity index (χ2n) is 6.19. The lowest BCUT2D eigenvalue weighted by molar-refractivity contribution is 0.293. The molecule has 3 nitrogen and oxygen atoms in total. The van der Waals surface area contributed by atoms with Gasteiger partial charge in [-0.25, -0.2) is 4.68 Å². The molecule has 1 N–H and O–H groups in total. The van der Waals surface area contributed by atoms with Crippen LogP contribution >= 0.6 is 0 Å². The van der Waals surface area contributed by atoms with E-state index in [9.17, 15) is 5.11 Å². The average Bonchev–Trinajstić information content (AvgIpc) is 2.68. The molecule has 0 spiro atoms. The van der Waals surface area contributed by atoms with E-state index in [1.54, 1.807) is 4.68 Å². The molecule has 0 saturated carbocycles. The van der Waals surface area contributed by atoms with Crippen molar-refractivity contribution < 1.29 is 5.11 Å². The molecule has 0 amide bonds. The van der Waals surface area contributed by atoms with Gasteiger partial charge in [-0.2, -0.15) is 5.10 Å². The summed E-state index contributed by atoms with van der Waals surface area (Å²) in [6.45, 7) is 10.3. The van der Waals surface area contributed by atoms with Gasteiger partial charge in [0.1, 0.15) is 0 Å². The third-order valence-electron chi connectivity index (χ3n) is 3.16. The average molecular weight is 258 g/mol. The first-order valence-corrected chi connectivity index (χ1v) is 6.70. The number of aromatic nitrogens is 2. The number of nitrogens with zero attached hydrogens (tertiary/aromatic N) is 2. The zero-order valence-corrected chi connectivity index (χ0v) is 12.3. The number of hydrogen-bond donors (Lipinski definition) is 1. The van der Waals surface area contributed by atoms with Crippen molar-refractivity contribution in [2.45, 2.75) is 46.1 Å². The first-order chi connectivity index (χ1) is 8.82. The van der Waals surface area contributed by atoms with Gasteiger partial charge in [0.2, 0.25) is 5.88 Å². The van der Waals surface area contributed by atoms with E-state index in [2.05, 4.69) is 18.9 Å². The molecule has 102 valence electrons. The third kappa shape index (κ3) is 2.50. The first-order valence-electron chi connectivity index (χ1n) is 6.70. The van der Waals surface area contributed by atoms with Crippen LogP contribution in [0.3, 0.4) is 0 Å². The fourth-order valence-electron chi connectivity index (χ4n) is 2.23. The predicted octanol–water partition coefficient (Wildman–Crippen LogP) is 4.13. The molecule has 1 heterocycles. The lowest BCUT2D eigenvalue weighted by Gasteiger charge is -2.20. The minimum Gasteiger partial charge on any atom is -0.493 e. The van der Waals surface area contributed by atoms with Crippen molar-refractivity contribution in [1.82, 2.24) is 9.78 Å². The Kier molecular flexibility index (Phi) is 3.40. The van der Waals surface area contributed by atoms with Crippen LogP contribution in [0.25, 0.3) is 11.3 Å². The molecule has 0 aliphatic heterocycles. The molecule has 3 heteroatoms. The summed E-state index contributed by atoms with van der Waals surface area (Å²) in [5.41, 5.74) is 2.61. The lowest BCUT2D eigenvalue weighted by Crippen LogP contribution is -2.22. The summed E-state index contributed by atoms with van der Waals surface area (Å²) in [6.07, 6.45) is 0. The molecule has 0 bridgehead atoms. The molecule has 0 unspecified atom stereocenters. The maximum Gasteiger partial charge on any atom is 0.213 e. The van der Waals surface area contributed by atoms with E-state index >= 15 is 0 Å². The van der Waals surface area contributed by atoms with Gasteiger partial charge in [0, 0.05) is 11.1 Å². The summed E-state index contributed by atoms with van der Waals surface area (Å²) >= 11 is 0. The van der Waals surface area contributed by atoms with E-state index in [0.29, 0.717) is 0 Å². The maximum atomic E-state index is 10.5. The number of aromatic hydroxyl groups is 1. The summed E-state index contributed by atoms with van der Waals surface area (Å²) in [4.78, 5) is 0. The highest BCUT2D eigenvalue weighted by atomic mass is 16.3. The van der Waals surface area contributed by atoms with Crippen LogP contribution in [0.4, 0.5) is 0 Å². The van der Waals surface area contributed by atoms with Gasteiger partial charge in [0.15, 0.2) is 0 Å². The standard InChI is InChI=1S/C16H22N2O/c1-11(2)13-14(12-9-7-6-8-10-12)17-18(15(13)19)16(3,4)5/h6-11,19H,1-5H3. The van der Waals surface area contributed by atoms with E-state index in [-0.39, 0.29) is 17.3 Å². The van der Waals surface area contributed by atoms with Gasteiger partial charge in [0.25, 0.3) is 0 Å². The molecule has 0 fully saturated rings. The molecule has 19 heavy (non-hydrogen) atoms. The second kappa shape index (κ2) is 4.72. The van der Waals surface area contributed by atoms with Crippen molar-refractivity contribution in [3.8, 4) is 17.1 Å². The molecular weight excluding hydrogens is 236 g/mol. The van der Waals surface area contributed by atoms with Crippen LogP contribution < -0.4 is 0 Å². The van der Waals surface area contributed by atoms with Crippen molar-refractivity contribution in [2.24, 2.45) is 0 Å². The molecule has 2 aromatic rings. The highest BCUT2D eigenvalue weighted by molar-refractivity contribution is 5.66. The van der Waals surface area contributed by atoms with Crippen LogP contribution in [0.1, 0.15) is 46.1 Å². The van der Waals surface area contributed by atoms with E-state index in [0.717, 1.165) is 16.8 Å². The van der Waals surface area contributed by atoms with Crippen molar-refractivity contribution >= 4 is 0 Å². The van der Waals surface area contributed by atoms with Crippen molar-refractivity contribution in [3.05, 3.63) is 35.9 Å². The predicted molar refractivity (Wildman–Crippen MR) is 78.4 cm³/mol. The molecule has 0 saturated heterocycles. The van der Waals surface area contributed by atoms with Gasteiger partial charge in [-0.3, -0.25) is 0 Å². The largest absolute Gasteiger partial charge is 0.493 e. The van der Waals surface area contributed by atoms with Gasteiger partial charge < -0.3 is 5.11 Å². The molecule has 0 aliphatic carbocycles. The smallest absolute Gasteiger partial charge is 0.213 e. The monoisotopic (exact) mass is 258 g/mol. The number of benzene rings is 1. The molecule has 2 rings (SSSR count). The molecular formula is C16H22N2O. The summed E-state index contributed by atoms with van der Waals surface area (Å²) in [5.74, 6) is 0.507. The number of rotatable bonds is 2. The molecule has 0 radical (unpaired) electrons. The Morgan fingerprint density at radius 1 is 1.11 bits per heavy atom. The van der Waals surface area contributed by atoms with Crippen LogP contribution in [-0.4, -0.2) is 14.9 Å². The summed E-state index contributed by atoms with van der Waals surface area (Å²) in [7, 11) is 0. The number of hydrogen-bond acceptors (Lipinski definition) is 2. The Hall–Kier alpha value is -1.77. The summed E-state index contributed by atoms with van der Waals surface area (Å²) < 4.78 is 1.71. The first kappa shape index (κ1) is 13.7. The van der Waals surface area contributed by atoms with Crippen LogP contribution in [0, 0.1) is 0 Å². The Labute approximate surface area is 114 Å². The SMILES string of the molecule is CC(C)c1c(-c2ccccc2)nn(C(C)(C)C)c1O. The fraction of sp³-hybridized carbons (Fsp3) is 0.438. The molecule has 1 aromatic carbocycles. The molecule has 1 aromatic heterocycles. The van der Waals surface area contributed by atoms with Crippen molar-refractivity contribution in [2.75, 3.05) is 0 Å². The zero-order valence-electron chi connectivity index (χ0n) is 12.3.